The van der Waals surface area contributed by atoms with E-state index in [9.17, 15) is 4.79 Å². The lowest BCUT2D eigenvalue weighted by atomic mass is 10.2. The van der Waals surface area contributed by atoms with Gasteiger partial charge in [-0.3, -0.25) is 4.79 Å². The zero-order valence-electron chi connectivity index (χ0n) is 8.91. The highest BCUT2D eigenvalue weighted by atomic mass is 79.9. The first-order valence-corrected chi connectivity index (χ1v) is 6.10. The molecule has 0 radical (unpaired) electrons. The topological polar surface area (TPSA) is 52.1 Å². The van der Waals surface area contributed by atoms with Gasteiger partial charge in [-0.25, -0.2) is 9.97 Å². The van der Waals surface area contributed by atoms with Crippen LogP contribution in [-0.2, 0) is 4.79 Å². The highest BCUT2D eigenvalue weighted by Crippen LogP contribution is 2.32. The van der Waals surface area contributed by atoms with E-state index in [1.165, 1.54) is 0 Å². The normalized spacial score (nSPS) is 10.5. The van der Waals surface area contributed by atoms with Gasteiger partial charge in [-0.1, -0.05) is 6.92 Å². The Kier molecular flexibility index (Phi) is 3.59. The molecule has 0 spiro atoms. The van der Waals surface area contributed by atoms with Crippen LogP contribution in [0.5, 0.6) is 5.75 Å². The van der Waals surface area contributed by atoms with Crippen LogP contribution in [0.15, 0.2) is 22.8 Å². The largest absolute Gasteiger partial charge is 0.425 e. The fourth-order valence-electron chi connectivity index (χ4n) is 1.30. The van der Waals surface area contributed by atoms with Crippen molar-refractivity contribution in [3.8, 4) is 5.75 Å². The van der Waals surface area contributed by atoms with Crippen molar-refractivity contribution in [3.63, 3.8) is 0 Å². The van der Waals surface area contributed by atoms with Gasteiger partial charge in [0.05, 0.1) is 9.99 Å². The van der Waals surface area contributed by atoms with Crippen LogP contribution >= 0.6 is 27.5 Å². The number of rotatable bonds is 2. The number of carbonyl (C=O) groups is 1. The molecule has 6 heteroatoms. The second-order valence-corrected chi connectivity index (χ2v) is 4.41. The minimum Gasteiger partial charge on any atom is -0.425 e. The molecule has 0 aliphatic heterocycles. The summed E-state index contributed by atoms with van der Waals surface area (Å²) in [6, 6.07) is 3.46. The molecule has 0 aliphatic carbocycles. The summed E-state index contributed by atoms with van der Waals surface area (Å²) in [6.45, 7) is 1.73. The van der Waals surface area contributed by atoms with Gasteiger partial charge < -0.3 is 4.74 Å². The van der Waals surface area contributed by atoms with Crippen LogP contribution in [0.25, 0.3) is 10.9 Å². The summed E-state index contributed by atoms with van der Waals surface area (Å²) in [5.41, 5.74) is 0.617. The summed E-state index contributed by atoms with van der Waals surface area (Å²) in [6.07, 6.45) is 1.93. The SMILES string of the molecule is CCC(=O)Oc1ccc2cnc(Cl)nc2c1Br. The number of ether oxygens (including phenoxy) is 1. The Labute approximate surface area is 111 Å². The molecule has 17 heavy (non-hydrogen) atoms. The Balaban J connectivity index is 2.52. The van der Waals surface area contributed by atoms with E-state index >= 15 is 0 Å². The van der Waals surface area contributed by atoms with Gasteiger partial charge in [0.1, 0.15) is 5.75 Å². The van der Waals surface area contributed by atoms with E-state index in [4.69, 9.17) is 16.3 Å². The summed E-state index contributed by atoms with van der Waals surface area (Å²) in [5.74, 6) is 0.129. The maximum atomic E-state index is 11.2. The molecule has 2 rings (SSSR count). The Morgan fingerprint density at radius 2 is 2.29 bits per heavy atom. The number of hydrogen-bond acceptors (Lipinski definition) is 4. The molecule has 4 nitrogen and oxygen atoms in total. The smallest absolute Gasteiger partial charge is 0.310 e. The van der Waals surface area contributed by atoms with Crippen molar-refractivity contribution in [1.29, 1.82) is 0 Å². The van der Waals surface area contributed by atoms with Crippen LogP contribution in [0.3, 0.4) is 0 Å². The predicted molar refractivity (Wildman–Crippen MR) is 68.2 cm³/mol. The Morgan fingerprint density at radius 3 is 3.00 bits per heavy atom. The first-order chi connectivity index (χ1) is 8.11. The monoisotopic (exact) mass is 314 g/mol. The van der Waals surface area contributed by atoms with Gasteiger partial charge >= 0.3 is 5.97 Å². The maximum Gasteiger partial charge on any atom is 0.310 e. The molecule has 0 unspecified atom stereocenters. The lowest BCUT2D eigenvalue weighted by molar-refractivity contribution is -0.134. The highest BCUT2D eigenvalue weighted by molar-refractivity contribution is 9.10. The number of benzene rings is 1. The van der Waals surface area contributed by atoms with Crippen LogP contribution in [0.1, 0.15) is 13.3 Å². The molecule has 1 aromatic carbocycles. The van der Waals surface area contributed by atoms with Gasteiger partial charge in [-0.2, -0.15) is 0 Å². The summed E-state index contributed by atoms with van der Waals surface area (Å²) < 4.78 is 5.75. The van der Waals surface area contributed by atoms with E-state index < -0.39 is 0 Å². The summed E-state index contributed by atoms with van der Waals surface area (Å²) in [7, 11) is 0. The van der Waals surface area contributed by atoms with Crippen molar-refractivity contribution in [3.05, 3.63) is 28.1 Å². The Hall–Kier alpha value is -1.20. The lowest BCUT2D eigenvalue weighted by Gasteiger charge is -2.07. The fraction of sp³-hybridized carbons (Fsp3) is 0.182. The number of hydrogen-bond donors (Lipinski definition) is 0. The average Bonchev–Trinajstić information content (AvgIpc) is 2.33. The Morgan fingerprint density at radius 1 is 1.53 bits per heavy atom. The van der Waals surface area contributed by atoms with E-state index in [0.29, 0.717) is 22.2 Å². The van der Waals surface area contributed by atoms with Gasteiger partial charge in [0.15, 0.2) is 0 Å². The molecule has 0 saturated carbocycles. The molecule has 88 valence electrons. The molecule has 1 aromatic heterocycles. The van der Waals surface area contributed by atoms with Crippen LogP contribution in [0.4, 0.5) is 0 Å². The standard InChI is InChI=1S/C11H8BrClN2O2/c1-2-8(16)17-7-4-3-6-5-14-11(13)15-10(6)9(7)12/h3-5H,2H2,1H3. The Bertz CT molecular complexity index is 589. The third-order valence-corrected chi connectivity index (χ3v) is 3.09. The van der Waals surface area contributed by atoms with Crippen LogP contribution < -0.4 is 4.74 Å². The van der Waals surface area contributed by atoms with Crippen LogP contribution in [-0.4, -0.2) is 15.9 Å². The van der Waals surface area contributed by atoms with Crippen molar-refractivity contribution in [2.75, 3.05) is 0 Å². The van der Waals surface area contributed by atoms with E-state index in [1.807, 2.05) is 0 Å². The molecular weight excluding hydrogens is 307 g/mol. The van der Waals surface area contributed by atoms with E-state index in [-0.39, 0.29) is 11.3 Å². The zero-order chi connectivity index (χ0) is 12.4. The molecule has 0 amide bonds. The minimum absolute atomic E-state index is 0.150. The summed E-state index contributed by atoms with van der Waals surface area (Å²) >= 11 is 9.07. The number of aromatic nitrogens is 2. The van der Waals surface area contributed by atoms with Gasteiger partial charge in [0, 0.05) is 18.0 Å². The molecule has 2 aromatic rings. The number of esters is 1. The van der Waals surface area contributed by atoms with Crippen molar-refractivity contribution in [2.45, 2.75) is 13.3 Å². The summed E-state index contributed by atoms with van der Waals surface area (Å²) in [4.78, 5) is 19.2. The maximum absolute atomic E-state index is 11.2. The summed E-state index contributed by atoms with van der Waals surface area (Å²) in [5, 5.41) is 0.967. The molecule has 0 atom stereocenters. The second kappa shape index (κ2) is 4.98. The first-order valence-electron chi connectivity index (χ1n) is 4.93. The van der Waals surface area contributed by atoms with Crippen LogP contribution in [0, 0.1) is 0 Å². The van der Waals surface area contributed by atoms with Crippen molar-refractivity contribution >= 4 is 44.4 Å². The molecule has 0 bridgehead atoms. The van der Waals surface area contributed by atoms with Crippen molar-refractivity contribution < 1.29 is 9.53 Å². The number of carbonyl (C=O) groups excluding carboxylic acids is 1. The zero-order valence-corrected chi connectivity index (χ0v) is 11.2. The highest BCUT2D eigenvalue weighted by Gasteiger charge is 2.11. The van der Waals surface area contributed by atoms with Crippen molar-refractivity contribution in [2.24, 2.45) is 0 Å². The van der Waals surface area contributed by atoms with Crippen molar-refractivity contribution in [1.82, 2.24) is 9.97 Å². The van der Waals surface area contributed by atoms with Gasteiger partial charge in [0.2, 0.25) is 5.28 Å². The van der Waals surface area contributed by atoms with E-state index in [2.05, 4.69) is 25.9 Å². The van der Waals surface area contributed by atoms with Gasteiger partial charge in [-0.05, 0) is 39.7 Å². The molecule has 0 saturated heterocycles. The minimum atomic E-state index is -0.301. The lowest BCUT2D eigenvalue weighted by Crippen LogP contribution is -2.06. The quantitative estimate of drug-likeness (QED) is 0.484. The average molecular weight is 316 g/mol. The van der Waals surface area contributed by atoms with E-state index in [0.717, 1.165) is 5.39 Å². The molecule has 0 N–H and O–H groups in total. The molecule has 0 fully saturated rings. The number of halogens is 2. The fourth-order valence-corrected chi connectivity index (χ4v) is 1.96. The molecule has 1 heterocycles. The van der Waals surface area contributed by atoms with Gasteiger partial charge in [0.25, 0.3) is 0 Å². The molecule has 0 aliphatic rings. The molecular formula is C11H8BrClN2O2. The van der Waals surface area contributed by atoms with Crippen LogP contribution in [0.2, 0.25) is 5.28 Å². The third kappa shape index (κ3) is 2.56. The number of nitrogens with zero attached hydrogens (tertiary/aromatic N) is 2. The van der Waals surface area contributed by atoms with Gasteiger partial charge in [-0.15, -0.1) is 0 Å². The third-order valence-electron chi connectivity index (χ3n) is 2.14. The number of fused-ring (bicyclic) bond motifs is 1. The predicted octanol–water partition coefficient (Wildman–Crippen LogP) is 3.36. The first kappa shape index (κ1) is 12.3. The second-order valence-electron chi connectivity index (χ2n) is 3.28. The van der Waals surface area contributed by atoms with E-state index in [1.54, 1.807) is 25.3 Å².